The van der Waals surface area contributed by atoms with Crippen LogP contribution in [0.5, 0.6) is 0 Å². The van der Waals surface area contributed by atoms with Gasteiger partial charge in [-0.1, -0.05) is 6.92 Å². The first kappa shape index (κ1) is 13.4. The number of nitrogens with two attached hydrogens (primary N) is 1. The highest BCUT2D eigenvalue weighted by atomic mass is 16.5. The van der Waals surface area contributed by atoms with Gasteiger partial charge in [0.25, 0.3) is 0 Å². The van der Waals surface area contributed by atoms with E-state index in [0.717, 1.165) is 32.8 Å². The molecule has 1 saturated heterocycles. The monoisotopic (exact) mass is 230 g/mol. The molecule has 0 aromatic heterocycles. The lowest BCUT2D eigenvalue weighted by Gasteiger charge is -2.32. The number of carboxylic acid groups (broad SMARTS) is 1. The Morgan fingerprint density at radius 2 is 2.12 bits per heavy atom. The molecular weight excluding hydrogens is 208 g/mol. The zero-order valence-electron chi connectivity index (χ0n) is 9.95. The zero-order valence-corrected chi connectivity index (χ0v) is 9.95. The Balaban J connectivity index is 2.45. The summed E-state index contributed by atoms with van der Waals surface area (Å²) in [6.45, 7) is 6.17. The highest BCUT2D eigenvalue weighted by Gasteiger charge is 2.35. The lowest BCUT2D eigenvalue weighted by molar-refractivity contribution is -0.149. The van der Waals surface area contributed by atoms with Gasteiger partial charge in [-0.25, -0.2) is 0 Å². The second kappa shape index (κ2) is 6.18. The first-order valence-corrected chi connectivity index (χ1v) is 5.88. The number of ether oxygens (including phenoxy) is 1. The number of hydrogen-bond acceptors (Lipinski definition) is 4. The van der Waals surface area contributed by atoms with Crippen molar-refractivity contribution in [3.05, 3.63) is 0 Å². The van der Waals surface area contributed by atoms with Gasteiger partial charge < -0.3 is 15.6 Å². The minimum absolute atomic E-state index is 0.211. The van der Waals surface area contributed by atoms with Crippen LogP contribution in [0.4, 0.5) is 0 Å². The molecular formula is C11H22N2O3. The smallest absolute Gasteiger partial charge is 0.310 e. The summed E-state index contributed by atoms with van der Waals surface area (Å²) in [5.41, 5.74) is 4.86. The number of hydrogen-bond donors (Lipinski definition) is 2. The number of carboxylic acids is 1. The van der Waals surface area contributed by atoms with Crippen molar-refractivity contribution in [2.24, 2.45) is 11.1 Å². The molecule has 0 aromatic carbocycles. The minimum Gasteiger partial charge on any atom is -0.481 e. The summed E-state index contributed by atoms with van der Waals surface area (Å²) in [6.07, 6.45) is 1.21. The molecule has 5 nitrogen and oxygen atoms in total. The fraction of sp³-hybridized carbons (Fsp3) is 0.909. The Kier molecular flexibility index (Phi) is 5.18. The van der Waals surface area contributed by atoms with Crippen LogP contribution >= 0.6 is 0 Å². The van der Waals surface area contributed by atoms with Crippen LogP contribution in [0.1, 0.15) is 19.8 Å². The van der Waals surface area contributed by atoms with Crippen molar-refractivity contribution < 1.29 is 14.6 Å². The van der Waals surface area contributed by atoms with E-state index in [1.54, 1.807) is 0 Å². The molecule has 1 atom stereocenters. The summed E-state index contributed by atoms with van der Waals surface area (Å²) in [5, 5.41) is 9.23. The van der Waals surface area contributed by atoms with E-state index >= 15 is 0 Å². The standard InChI is InChI=1S/C11H22N2O3/c1-2-11(9-12,10(14)15)3-4-13-5-7-16-8-6-13/h2-9,12H2,1H3,(H,14,15). The van der Waals surface area contributed by atoms with Crippen molar-refractivity contribution in [1.29, 1.82) is 0 Å². The summed E-state index contributed by atoms with van der Waals surface area (Å²) in [4.78, 5) is 13.5. The van der Waals surface area contributed by atoms with Crippen LogP contribution in [-0.2, 0) is 9.53 Å². The lowest BCUT2D eigenvalue weighted by Crippen LogP contribution is -2.43. The predicted molar refractivity (Wildman–Crippen MR) is 61.3 cm³/mol. The normalized spacial score (nSPS) is 21.6. The van der Waals surface area contributed by atoms with Gasteiger partial charge in [0.1, 0.15) is 0 Å². The molecule has 1 aliphatic rings. The van der Waals surface area contributed by atoms with Crippen LogP contribution in [0.15, 0.2) is 0 Å². The minimum atomic E-state index is -0.772. The quantitative estimate of drug-likeness (QED) is 0.679. The van der Waals surface area contributed by atoms with Crippen LogP contribution in [0.2, 0.25) is 0 Å². The van der Waals surface area contributed by atoms with Gasteiger partial charge >= 0.3 is 5.97 Å². The topological polar surface area (TPSA) is 75.8 Å². The van der Waals surface area contributed by atoms with Crippen LogP contribution in [0.3, 0.4) is 0 Å². The van der Waals surface area contributed by atoms with Crippen LogP contribution < -0.4 is 5.73 Å². The summed E-state index contributed by atoms with van der Waals surface area (Å²) in [6, 6.07) is 0. The molecule has 0 saturated carbocycles. The fourth-order valence-corrected chi connectivity index (χ4v) is 1.97. The van der Waals surface area contributed by atoms with Gasteiger partial charge in [0.15, 0.2) is 0 Å². The second-order valence-electron chi connectivity index (χ2n) is 4.35. The molecule has 0 bridgehead atoms. The third kappa shape index (κ3) is 3.17. The highest BCUT2D eigenvalue weighted by molar-refractivity contribution is 5.74. The van der Waals surface area contributed by atoms with E-state index in [9.17, 15) is 9.90 Å². The van der Waals surface area contributed by atoms with E-state index in [1.807, 2.05) is 6.92 Å². The van der Waals surface area contributed by atoms with Crippen LogP contribution in [0.25, 0.3) is 0 Å². The van der Waals surface area contributed by atoms with E-state index in [4.69, 9.17) is 10.5 Å². The summed E-state index contributed by atoms with van der Waals surface area (Å²) in [5.74, 6) is -0.772. The Morgan fingerprint density at radius 3 is 2.56 bits per heavy atom. The van der Waals surface area contributed by atoms with E-state index in [-0.39, 0.29) is 6.54 Å². The third-order valence-electron chi connectivity index (χ3n) is 3.53. The molecule has 1 rings (SSSR count). The molecule has 1 fully saturated rings. The van der Waals surface area contributed by atoms with Gasteiger partial charge in [0.05, 0.1) is 18.6 Å². The maximum Gasteiger partial charge on any atom is 0.310 e. The van der Waals surface area contributed by atoms with Crippen molar-refractivity contribution in [3.63, 3.8) is 0 Å². The average Bonchev–Trinajstić information content (AvgIpc) is 2.32. The Labute approximate surface area is 96.6 Å². The van der Waals surface area contributed by atoms with Crippen LogP contribution in [0, 0.1) is 5.41 Å². The molecule has 0 radical (unpaired) electrons. The largest absolute Gasteiger partial charge is 0.481 e. The van der Waals surface area contributed by atoms with Gasteiger partial charge in [-0.2, -0.15) is 0 Å². The van der Waals surface area contributed by atoms with Crippen molar-refractivity contribution in [2.45, 2.75) is 19.8 Å². The van der Waals surface area contributed by atoms with Crippen molar-refractivity contribution in [1.82, 2.24) is 4.90 Å². The van der Waals surface area contributed by atoms with E-state index in [2.05, 4.69) is 4.90 Å². The molecule has 94 valence electrons. The van der Waals surface area contributed by atoms with Gasteiger partial charge in [0, 0.05) is 19.6 Å². The Morgan fingerprint density at radius 1 is 1.50 bits per heavy atom. The molecule has 0 spiro atoms. The zero-order chi connectivity index (χ0) is 12.0. The average molecular weight is 230 g/mol. The Hall–Kier alpha value is -0.650. The molecule has 1 aliphatic heterocycles. The van der Waals surface area contributed by atoms with Gasteiger partial charge in [-0.15, -0.1) is 0 Å². The first-order valence-electron chi connectivity index (χ1n) is 5.88. The maximum absolute atomic E-state index is 11.2. The predicted octanol–water partition coefficient (Wildman–Crippen LogP) is 0.148. The van der Waals surface area contributed by atoms with Crippen LogP contribution in [-0.4, -0.2) is 55.4 Å². The molecule has 16 heavy (non-hydrogen) atoms. The number of nitrogens with zero attached hydrogens (tertiary/aromatic N) is 1. The van der Waals surface area contributed by atoms with Crippen molar-refractivity contribution in [3.8, 4) is 0 Å². The molecule has 0 amide bonds. The summed E-state index contributed by atoms with van der Waals surface area (Å²) in [7, 11) is 0. The van der Waals surface area contributed by atoms with E-state index in [0.29, 0.717) is 12.8 Å². The number of carbonyl (C=O) groups is 1. The maximum atomic E-state index is 11.2. The summed E-state index contributed by atoms with van der Waals surface area (Å²) < 4.78 is 5.25. The van der Waals surface area contributed by atoms with E-state index in [1.165, 1.54) is 0 Å². The van der Waals surface area contributed by atoms with Gasteiger partial charge in [-0.3, -0.25) is 9.69 Å². The molecule has 5 heteroatoms. The number of morpholine rings is 1. The Bertz CT molecular complexity index is 223. The second-order valence-corrected chi connectivity index (χ2v) is 4.35. The highest BCUT2D eigenvalue weighted by Crippen LogP contribution is 2.26. The molecule has 1 heterocycles. The van der Waals surface area contributed by atoms with Gasteiger partial charge in [-0.05, 0) is 19.4 Å². The van der Waals surface area contributed by atoms with Crippen molar-refractivity contribution in [2.75, 3.05) is 39.4 Å². The lowest BCUT2D eigenvalue weighted by atomic mass is 9.81. The van der Waals surface area contributed by atoms with E-state index < -0.39 is 11.4 Å². The fourth-order valence-electron chi connectivity index (χ4n) is 1.97. The molecule has 1 unspecified atom stereocenters. The molecule has 0 aromatic rings. The van der Waals surface area contributed by atoms with Crippen molar-refractivity contribution >= 4 is 5.97 Å². The SMILES string of the molecule is CCC(CN)(CCN1CCOCC1)C(=O)O. The number of aliphatic carboxylic acids is 1. The first-order chi connectivity index (χ1) is 7.64. The molecule has 3 N–H and O–H groups in total. The third-order valence-corrected chi connectivity index (χ3v) is 3.53. The van der Waals surface area contributed by atoms with Gasteiger partial charge in [0.2, 0.25) is 0 Å². The molecule has 0 aliphatic carbocycles. The number of rotatable bonds is 6. The summed E-state index contributed by atoms with van der Waals surface area (Å²) >= 11 is 0.